The van der Waals surface area contributed by atoms with Crippen LogP contribution < -0.4 is 4.74 Å². The van der Waals surface area contributed by atoms with Gasteiger partial charge < -0.3 is 14.6 Å². The van der Waals surface area contributed by atoms with Crippen LogP contribution in [-0.4, -0.2) is 30.1 Å². The van der Waals surface area contributed by atoms with Crippen molar-refractivity contribution in [2.24, 2.45) is 0 Å². The summed E-state index contributed by atoms with van der Waals surface area (Å²) >= 11 is 0. The van der Waals surface area contributed by atoms with Gasteiger partial charge in [0, 0.05) is 6.42 Å². The Bertz CT molecular complexity index is 660. The maximum absolute atomic E-state index is 11.9. The number of hydrogen-bond acceptors (Lipinski definition) is 5. The third kappa shape index (κ3) is 7.37. The van der Waals surface area contributed by atoms with E-state index in [9.17, 15) is 14.7 Å². The van der Waals surface area contributed by atoms with E-state index in [4.69, 9.17) is 4.74 Å². The third-order valence-corrected chi connectivity index (χ3v) is 4.92. The molecule has 0 spiro atoms. The van der Waals surface area contributed by atoms with Gasteiger partial charge in [-0.2, -0.15) is 0 Å². The predicted octanol–water partition coefficient (Wildman–Crippen LogP) is 5.08. The smallest absolute Gasteiger partial charge is 0.345 e. The van der Waals surface area contributed by atoms with Crippen LogP contribution in [0.2, 0.25) is 0 Å². The van der Waals surface area contributed by atoms with Crippen molar-refractivity contribution in [1.82, 2.24) is 0 Å². The van der Waals surface area contributed by atoms with E-state index in [1.165, 1.54) is 37.7 Å². The molecule has 1 aliphatic rings. The van der Waals surface area contributed by atoms with E-state index in [1.807, 2.05) is 12.1 Å². The number of aliphatic hydroxyl groups is 1. The minimum absolute atomic E-state index is 0.179. The summed E-state index contributed by atoms with van der Waals surface area (Å²) in [6, 6.07) is 8.31. The van der Waals surface area contributed by atoms with E-state index >= 15 is 0 Å². The van der Waals surface area contributed by atoms with Gasteiger partial charge in [0.2, 0.25) is 0 Å². The number of cyclic esters (lactones) is 1. The van der Waals surface area contributed by atoms with Crippen LogP contribution in [0.15, 0.2) is 35.6 Å². The fourth-order valence-electron chi connectivity index (χ4n) is 3.24. The molecule has 0 saturated heterocycles. The quantitative estimate of drug-likeness (QED) is 0.273. The highest BCUT2D eigenvalue weighted by atomic mass is 16.5. The van der Waals surface area contributed by atoms with Crippen molar-refractivity contribution >= 4 is 11.8 Å². The summed E-state index contributed by atoms with van der Waals surface area (Å²) in [5, 5.41) is 9.49. The Balaban J connectivity index is 1.55. The summed E-state index contributed by atoms with van der Waals surface area (Å²) in [4.78, 5) is 23.3. The SMILES string of the molecule is CCCCCCCc1ccc(OCCCCCC(=O)C2=C(O)COC2=O)cc1. The molecule has 0 radical (unpaired) electrons. The number of benzene rings is 1. The Morgan fingerprint density at radius 3 is 2.43 bits per heavy atom. The topological polar surface area (TPSA) is 72.8 Å². The van der Waals surface area contributed by atoms with Gasteiger partial charge in [-0.25, -0.2) is 4.79 Å². The second-order valence-corrected chi connectivity index (χ2v) is 7.29. The van der Waals surface area contributed by atoms with Crippen molar-refractivity contribution in [3.05, 3.63) is 41.2 Å². The first kappa shape index (κ1) is 22.0. The molecule has 1 aromatic rings. The largest absolute Gasteiger partial charge is 0.508 e. The van der Waals surface area contributed by atoms with Crippen LogP contribution in [0.3, 0.4) is 0 Å². The highest BCUT2D eigenvalue weighted by Crippen LogP contribution is 2.18. The monoisotopic (exact) mass is 388 g/mol. The maximum Gasteiger partial charge on any atom is 0.345 e. The van der Waals surface area contributed by atoms with Crippen LogP contribution in [0, 0.1) is 0 Å². The molecule has 0 aliphatic carbocycles. The van der Waals surface area contributed by atoms with Gasteiger partial charge in [0.05, 0.1) is 6.61 Å². The number of unbranched alkanes of at least 4 members (excludes halogenated alkanes) is 6. The highest BCUT2D eigenvalue weighted by molar-refractivity contribution is 6.18. The van der Waals surface area contributed by atoms with Crippen LogP contribution in [0.25, 0.3) is 0 Å². The number of hydrogen-bond donors (Lipinski definition) is 1. The number of aryl methyl sites for hydroxylation is 1. The molecule has 0 unspecified atom stereocenters. The van der Waals surface area contributed by atoms with E-state index < -0.39 is 5.97 Å². The van der Waals surface area contributed by atoms with Crippen molar-refractivity contribution in [2.45, 2.75) is 71.1 Å². The fourth-order valence-corrected chi connectivity index (χ4v) is 3.24. The summed E-state index contributed by atoms with van der Waals surface area (Å²) < 4.78 is 10.4. The van der Waals surface area contributed by atoms with Gasteiger partial charge in [0.25, 0.3) is 0 Å². The Labute approximate surface area is 167 Å². The van der Waals surface area contributed by atoms with Crippen LogP contribution in [0.1, 0.15) is 70.3 Å². The molecule has 0 atom stereocenters. The number of ether oxygens (including phenoxy) is 2. The zero-order valence-corrected chi connectivity index (χ0v) is 16.9. The molecule has 1 aromatic carbocycles. The Morgan fingerprint density at radius 1 is 1.04 bits per heavy atom. The number of rotatable bonds is 14. The Hall–Kier alpha value is -2.30. The van der Waals surface area contributed by atoms with Crippen molar-refractivity contribution in [3.8, 4) is 5.75 Å². The average molecular weight is 389 g/mol. The summed E-state index contributed by atoms with van der Waals surface area (Å²) in [5.74, 6) is -0.432. The van der Waals surface area contributed by atoms with Crippen LogP contribution in [0.4, 0.5) is 0 Å². The lowest BCUT2D eigenvalue weighted by Crippen LogP contribution is -2.11. The predicted molar refractivity (Wildman–Crippen MR) is 108 cm³/mol. The molecule has 0 fully saturated rings. The first-order valence-corrected chi connectivity index (χ1v) is 10.5. The molecule has 0 saturated carbocycles. The van der Waals surface area contributed by atoms with Crippen molar-refractivity contribution in [1.29, 1.82) is 0 Å². The second kappa shape index (κ2) is 12.2. The molecule has 1 heterocycles. The molecule has 1 aliphatic heterocycles. The standard InChI is InChI=1S/C23H32O5/c1-2-3-4-5-7-10-18-12-14-19(15-13-18)27-16-9-6-8-11-20(24)22-21(25)17-28-23(22)26/h12-15,25H,2-11,16-17H2,1H3. The number of carbonyl (C=O) groups is 2. The van der Waals surface area contributed by atoms with E-state index in [2.05, 4.69) is 23.8 Å². The van der Waals surface area contributed by atoms with Crippen molar-refractivity contribution < 1.29 is 24.2 Å². The molecule has 0 aromatic heterocycles. The zero-order valence-electron chi connectivity index (χ0n) is 16.9. The van der Waals surface area contributed by atoms with Gasteiger partial charge in [0.1, 0.15) is 23.7 Å². The van der Waals surface area contributed by atoms with Gasteiger partial charge in [-0.1, -0.05) is 44.7 Å². The molecule has 5 heteroatoms. The average Bonchev–Trinajstić information content (AvgIpc) is 3.03. The summed E-state index contributed by atoms with van der Waals surface area (Å²) in [6.07, 6.45) is 10.1. The molecule has 5 nitrogen and oxygen atoms in total. The van der Waals surface area contributed by atoms with Crippen LogP contribution in [-0.2, 0) is 20.7 Å². The number of Topliss-reactive ketones (excluding diaryl/α,β-unsaturated/α-hetero) is 1. The third-order valence-electron chi connectivity index (χ3n) is 4.92. The van der Waals surface area contributed by atoms with Gasteiger partial charge in [0.15, 0.2) is 5.78 Å². The lowest BCUT2D eigenvalue weighted by molar-refractivity contribution is -0.137. The number of ketones is 1. The minimum Gasteiger partial charge on any atom is -0.508 e. The lowest BCUT2D eigenvalue weighted by Gasteiger charge is -2.07. The van der Waals surface area contributed by atoms with E-state index in [-0.39, 0.29) is 30.1 Å². The number of aliphatic hydroxyl groups excluding tert-OH is 1. The first-order valence-electron chi connectivity index (χ1n) is 10.5. The molecule has 0 bridgehead atoms. The van der Waals surface area contributed by atoms with E-state index in [0.29, 0.717) is 13.0 Å². The van der Waals surface area contributed by atoms with Crippen LogP contribution in [0.5, 0.6) is 5.75 Å². The Kier molecular flexibility index (Phi) is 9.60. The van der Waals surface area contributed by atoms with Gasteiger partial charge >= 0.3 is 5.97 Å². The first-order chi connectivity index (χ1) is 13.6. The number of esters is 1. The Morgan fingerprint density at radius 2 is 1.75 bits per heavy atom. The maximum atomic E-state index is 11.9. The van der Waals surface area contributed by atoms with Crippen molar-refractivity contribution in [3.63, 3.8) is 0 Å². The van der Waals surface area contributed by atoms with Crippen molar-refractivity contribution in [2.75, 3.05) is 13.2 Å². The number of carbonyl (C=O) groups excluding carboxylic acids is 2. The van der Waals surface area contributed by atoms with Gasteiger partial charge in [-0.3, -0.25) is 4.79 Å². The summed E-state index contributed by atoms with van der Waals surface area (Å²) in [7, 11) is 0. The zero-order chi connectivity index (χ0) is 20.2. The summed E-state index contributed by atoms with van der Waals surface area (Å²) in [5.41, 5.74) is 1.17. The normalized spacial score (nSPS) is 13.7. The molecule has 28 heavy (non-hydrogen) atoms. The molecule has 2 rings (SSSR count). The summed E-state index contributed by atoms with van der Waals surface area (Å²) in [6.45, 7) is 2.64. The van der Waals surface area contributed by atoms with E-state index in [0.717, 1.165) is 25.0 Å². The van der Waals surface area contributed by atoms with Gasteiger partial charge in [-0.15, -0.1) is 0 Å². The van der Waals surface area contributed by atoms with E-state index in [1.54, 1.807) is 0 Å². The fraction of sp³-hybridized carbons (Fsp3) is 0.565. The minimum atomic E-state index is -0.713. The van der Waals surface area contributed by atoms with Gasteiger partial charge in [-0.05, 0) is 49.8 Å². The lowest BCUT2D eigenvalue weighted by atomic mass is 10.0. The highest BCUT2D eigenvalue weighted by Gasteiger charge is 2.29. The van der Waals surface area contributed by atoms with Crippen LogP contribution >= 0.6 is 0 Å². The molecule has 154 valence electrons. The molecule has 0 amide bonds. The molecular formula is C23H32O5. The molecular weight excluding hydrogens is 356 g/mol. The second-order valence-electron chi connectivity index (χ2n) is 7.29. The molecule has 1 N–H and O–H groups in total.